The van der Waals surface area contributed by atoms with E-state index in [1.165, 1.54) is 6.20 Å². The third-order valence-corrected chi connectivity index (χ3v) is 2.16. The van der Waals surface area contributed by atoms with Crippen LogP contribution in [0.25, 0.3) is 0 Å². The van der Waals surface area contributed by atoms with Crippen LogP contribution < -0.4 is 10.1 Å². The lowest BCUT2D eigenvalue weighted by Gasteiger charge is -2.10. The van der Waals surface area contributed by atoms with E-state index in [0.717, 1.165) is 0 Å². The minimum Gasteiger partial charge on any atom is -0.474 e. The van der Waals surface area contributed by atoms with E-state index in [0.29, 0.717) is 15.7 Å². The van der Waals surface area contributed by atoms with Crippen molar-refractivity contribution in [3.63, 3.8) is 0 Å². The zero-order valence-electron chi connectivity index (χ0n) is 7.55. The second kappa shape index (κ2) is 5.24. The van der Waals surface area contributed by atoms with Gasteiger partial charge in [-0.05, 0) is 0 Å². The number of ether oxygens (including phenoxy) is 1. The Morgan fingerprint density at radius 2 is 2.29 bits per heavy atom. The Morgan fingerprint density at radius 3 is 2.86 bits per heavy atom. The van der Waals surface area contributed by atoms with Crippen LogP contribution in [-0.2, 0) is 0 Å². The standard InChI is InChI=1S/C8H10Cl2N2O2/c1-11-7-5(9)4-12-8(6(7)10)14-3-2-13/h4,13H,2-3H2,1H3,(H,11,12). The molecule has 4 nitrogen and oxygen atoms in total. The Labute approximate surface area is 91.8 Å². The molecule has 0 bridgehead atoms. The first-order valence-corrected chi connectivity index (χ1v) is 4.71. The van der Waals surface area contributed by atoms with Gasteiger partial charge in [0, 0.05) is 7.05 Å². The summed E-state index contributed by atoms with van der Waals surface area (Å²) in [6.07, 6.45) is 1.44. The summed E-state index contributed by atoms with van der Waals surface area (Å²) in [6, 6.07) is 0. The maximum Gasteiger partial charge on any atom is 0.234 e. The van der Waals surface area contributed by atoms with Crippen LogP contribution in [0.5, 0.6) is 5.88 Å². The van der Waals surface area contributed by atoms with Crippen molar-refractivity contribution >= 4 is 28.9 Å². The number of anilines is 1. The number of halogens is 2. The highest BCUT2D eigenvalue weighted by Gasteiger charge is 2.11. The second-order valence-corrected chi connectivity index (χ2v) is 3.21. The molecule has 0 atom stereocenters. The molecule has 2 N–H and O–H groups in total. The van der Waals surface area contributed by atoms with Crippen molar-refractivity contribution in [2.75, 3.05) is 25.6 Å². The first kappa shape index (κ1) is 11.4. The van der Waals surface area contributed by atoms with Gasteiger partial charge in [-0.3, -0.25) is 0 Å². The highest BCUT2D eigenvalue weighted by molar-refractivity contribution is 6.39. The fourth-order valence-electron chi connectivity index (χ4n) is 0.920. The molecule has 0 aromatic carbocycles. The van der Waals surface area contributed by atoms with Crippen molar-refractivity contribution < 1.29 is 9.84 Å². The number of rotatable bonds is 4. The Kier molecular flexibility index (Phi) is 4.25. The summed E-state index contributed by atoms with van der Waals surface area (Å²) in [5.74, 6) is 0.259. The summed E-state index contributed by atoms with van der Waals surface area (Å²) in [6.45, 7) is 0.0625. The van der Waals surface area contributed by atoms with Crippen LogP contribution in [0.2, 0.25) is 10.0 Å². The zero-order chi connectivity index (χ0) is 10.6. The lowest BCUT2D eigenvalue weighted by atomic mass is 10.4. The predicted molar refractivity (Wildman–Crippen MR) is 56.4 cm³/mol. The molecular formula is C8H10Cl2N2O2. The van der Waals surface area contributed by atoms with Gasteiger partial charge >= 0.3 is 0 Å². The highest BCUT2D eigenvalue weighted by atomic mass is 35.5. The molecule has 0 aliphatic heterocycles. The van der Waals surface area contributed by atoms with Gasteiger partial charge < -0.3 is 15.2 Å². The van der Waals surface area contributed by atoms with Crippen molar-refractivity contribution in [1.29, 1.82) is 0 Å². The second-order valence-electron chi connectivity index (χ2n) is 2.42. The minimum absolute atomic E-state index is 0.0878. The lowest BCUT2D eigenvalue weighted by molar-refractivity contribution is 0.197. The van der Waals surface area contributed by atoms with E-state index in [2.05, 4.69) is 10.3 Å². The van der Waals surface area contributed by atoms with Crippen molar-refractivity contribution in [3.8, 4) is 5.88 Å². The van der Waals surface area contributed by atoms with E-state index in [-0.39, 0.29) is 19.1 Å². The quantitative estimate of drug-likeness (QED) is 0.838. The van der Waals surface area contributed by atoms with Gasteiger partial charge in [0.15, 0.2) is 0 Å². The van der Waals surface area contributed by atoms with Gasteiger partial charge in [0.05, 0.1) is 23.5 Å². The summed E-state index contributed by atoms with van der Waals surface area (Å²) in [4.78, 5) is 3.89. The predicted octanol–water partition coefficient (Wildman–Crippen LogP) is 1.80. The molecule has 78 valence electrons. The Morgan fingerprint density at radius 1 is 1.57 bits per heavy atom. The number of nitrogens with zero attached hydrogens (tertiary/aromatic N) is 1. The Hall–Kier alpha value is -0.710. The molecule has 0 saturated carbocycles. The molecule has 1 rings (SSSR count). The van der Waals surface area contributed by atoms with E-state index in [1.54, 1.807) is 7.05 Å². The normalized spacial score (nSPS) is 10.0. The van der Waals surface area contributed by atoms with Crippen molar-refractivity contribution in [3.05, 3.63) is 16.2 Å². The molecule has 6 heteroatoms. The van der Waals surface area contributed by atoms with Gasteiger partial charge in [0.25, 0.3) is 0 Å². The molecule has 1 aromatic heterocycles. The number of aliphatic hydroxyl groups is 1. The molecule has 1 heterocycles. The number of nitrogens with one attached hydrogen (secondary N) is 1. The number of pyridine rings is 1. The van der Waals surface area contributed by atoms with Gasteiger partial charge in [0.2, 0.25) is 5.88 Å². The maximum atomic E-state index is 8.56. The topological polar surface area (TPSA) is 54.4 Å². The minimum atomic E-state index is -0.0878. The van der Waals surface area contributed by atoms with Gasteiger partial charge in [-0.15, -0.1) is 0 Å². The first-order valence-electron chi connectivity index (χ1n) is 3.96. The monoisotopic (exact) mass is 236 g/mol. The fraction of sp³-hybridized carbons (Fsp3) is 0.375. The van der Waals surface area contributed by atoms with E-state index < -0.39 is 0 Å². The first-order chi connectivity index (χ1) is 6.70. The summed E-state index contributed by atoms with van der Waals surface area (Å²) in [5.41, 5.74) is 0.566. The summed E-state index contributed by atoms with van der Waals surface area (Å²) in [7, 11) is 1.70. The summed E-state index contributed by atoms with van der Waals surface area (Å²) in [5, 5.41) is 12.1. The van der Waals surface area contributed by atoms with Crippen molar-refractivity contribution in [1.82, 2.24) is 4.98 Å². The van der Waals surface area contributed by atoms with Gasteiger partial charge in [-0.2, -0.15) is 0 Å². The molecule has 0 amide bonds. The third-order valence-electron chi connectivity index (χ3n) is 1.52. The third kappa shape index (κ3) is 2.41. The van der Waals surface area contributed by atoms with Crippen LogP contribution in [0, 0.1) is 0 Å². The molecule has 0 unspecified atom stereocenters. The van der Waals surface area contributed by atoms with Crippen LogP contribution in [-0.4, -0.2) is 30.4 Å². The number of hydrogen-bond acceptors (Lipinski definition) is 4. The van der Waals surface area contributed by atoms with Crippen LogP contribution in [0.4, 0.5) is 5.69 Å². The number of hydrogen-bond donors (Lipinski definition) is 2. The van der Waals surface area contributed by atoms with Crippen LogP contribution in [0.15, 0.2) is 6.20 Å². The smallest absolute Gasteiger partial charge is 0.234 e. The highest BCUT2D eigenvalue weighted by Crippen LogP contribution is 2.35. The van der Waals surface area contributed by atoms with Gasteiger partial charge in [-0.25, -0.2) is 4.98 Å². The summed E-state index contributed by atoms with van der Waals surface area (Å²) >= 11 is 11.8. The average Bonchev–Trinajstić information content (AvgIpc) is 2.18. The molecule has 0 aliphatic carbocycles. The van der Waals surface area contributed by atoms with Crippen LogP contribution >= 0.6 is 23.2 Å². The van der Waals surface area contributed by atoms with E-state index in [4.69, 9.17) is 33.0 Å². The fourth-order valence-corrected chi connectivity index (χ4v) is 1.51. The molecule has 0 radical (unpaired) electrons. The van der Waals surface area contributed by atoms with Gasteiger partial charge in [-0.1, -0.05) is 23.2 Å². The molecule has 0 saturated heterocycles. The number of aliphatic hydroxyl groups excluding tert-OH is 1. The van der Waals surface area contributed by atoms with E-state index in [9.17, 15) is 0 Å². The van der Waals surface area contributed by atoms with E-state index in [1.807, 2.05) is 0 Å². The van der Waals surface area contributed by atoms with Crippen molar-refractivity contribution in [2.45, 2.75) is 0 Å². The Balaban J connectivity index is 2.96. The van der Waals surface area contributed by atoms with Crippen molar-refractivity contribution in [2.24, 2.45) is 0 Å². The molecule has 0 fully saturated rings. The average molecular weight is 237 g/mol. The van der Waals surface area contributed by atoms with Gasteiger partial charge in [0.1, 0.15) is 11.6 Å². The molecular weight excluding hydrogens is 227 g/mol. The molecule has 1 aromatic rings. The summed E-state index contributed by atoms with van der Waals surface area (Å²) < 4.78 is 5.09. The van der Waals surface area contributed by atoms with Crippen LogP contribution in [0.1, 0.15) is 0 Å². The molecule has 0 spiro atoms. The maximum absolute atomic E-state index is 8.56. The largest absolute Gasteiger partial charge is 0.474 e. The lowest BCUT2D eigenvalue weighted by Crippen LogP contribution is -2.04. The van der Waals surface area contributed by atoms with E-state index >= 15 is 0 Å². The Bertz CT molecular complexity index is 320. The molecule has 0 aliphatic rings. The zero-order valence-corrected chi connectivity index (χ0v) is 9.06. The SMILES string of the molecule is CNc1c(Cl)cnc(OCCO)c1Cl. The van der Waals surface area contributed by atoms with Crippen LogP contribution in [0.3, 0.4) is 0 Å². The number of aromatic nitrogens is 1. The molecule has 14 heavy (non-hydrogen) atoms.